The highest BCUT2D eigenvalue weighted by atomic mass is 19.1. The lowest BCUT2D eigenvalue weighted by Crippen LogP contribution is -2.54. The molecule has 0 bridgehead atoms. The number of anilines is 1. The largest absolute Gasteiger partial charge is 0.344 e. The number of aromatic nitrogens is 1. The molecule has 1 N–H and O–H groups in total. The van der Waals surface area contributed by atoms with Gasteiger partial charge in [0.15, 0.2) is 0 Å². The quantitative estimate of drug-likeness (QED) is 0.534. The maximum Gasteiger partial charge on any atom is 0.335 e. The predicted molar refractivity (Wildman–Crippen MR) is 110 cm³/mol. The van der Waals surface area contributed by atoms with E-state index >= 15 is 0 Å². The number of carbonyl (C=O) groups excluding carboxylic acids is 3. The molecule has 1 aliphatic heterocycles. The molecular weight excluding hydrogens is 385 g/mol. The Balaban J connectivity index is 1.68. The number of halogens is 1. The van der Waals surface area contributed by atoms with Crippen molar-refractivity contribution < 1.29 is 18.8 Å². The van der Waals surface area contributed by atoms with Gasteiger partial charge in [-0.3, -0.25) is 14.9 Å². The average molecular weight is 403 g/mol. The van der Waals surface area contributed by atoms with Crippen LogP contribution in [-0.2, 0) is 16.1 Å². The number of nitrogens with one attached hydrogen (secondary N) is 1. The van der Waals surface area contributed by atoms with Crippen LogP contribution in [0.2, 0.25) is 0 Å². The number of barbiturate groups is 1. The number of rotatable bonds is 4. The Bertz CT molecular complexity index is 1180. The highest BCUT2D eigenvalue weighted by Gasteiger charge is 2.37. The van der Waals surface area contributed by atoms with Crippen molar-refractivity contribution in [3.05, 3.63) is 95.1 Å². The molecule has 0 spiro atoms. The first-order chi connectivity index (χ1) is 14.4. The lowest BCUT2D eigenvalue weighted by atomic mass is 10.1. The Morgan fingerprint density at radius 3 is 2.43 bits per heavy atom. The van der Waals surface area contributed by atoms with Crippen molar-refractivity contribution in [1.82, 2.24) is 9.88 Å². The minimum absolute atomic E-state index is 0.174. The molecule has 1 aliphatic rings. The summed E-state index contributed by atoms with van der Waals surface area (Å²) in [6.07, 6.45) is 3.31. The second-order valence-corrected chi connectivity index (χ2v) is 6.92. The summed E-state index contributed by atoms with van der Waals surface area (Å²) in [5.74, 6) is -2.03. The van der Waals surface area contributed by atoms with E-state index in [0.29, 0.717) is 12.2 Å². The molecule has 4 rings (SSSR count). The van der Waals surface area contributed by atoms with E-state index in [-0.39, 0.29) is 11.3 Å². The first-order valence-corrected chi connectivity index (χ1v) is 9.31. The van der Waals surface area contributed by atoms with Crippen LogP contribution in [0, 0.1) is 12.7 Å². The summed E-state index contributed by atoms with van der Waals surface area (Å²) in [6.45, 7) is 2.58. The number of urea groups is 1. The fourth-order valence-corrected chi connectivity index (χ4v) is 3.30. The summed E-state index contributed by atoms with van der Waals surface area (Å²) in [4.78, 5) is 38.4. The fourth-order valence-electron chi connectivity index (χ4n) is 3.30. The standard InChI is InChI=1S/C23H18FN3O3/c1-15-5-2-3-6-16(15)14-26-12-4-7-19(26)13-20-21(28)25-23(30)27(22(20)29)18-10-8-17(24)9-11-18/h2-13H,14H2,1H3,(H,25,28,30). The van der Waals surface area contributed by atoms with Crippen LogP contribution < -0.4 is 10.2 Å². The topological polar surface area (TPSA) is 71.4 Å². The van der Waals surface area contributed by atoms with Crippen LogP contribution in [0.4, 0.5) is 14.9 Å². The van der Waals surface area contributed by atoms with Crippen molar-refractivity contribution in [1.29, 1.82) is 0 Å². The lowest BCUT2D eigenvalue weighted by Gasteiger charge is -2.26. The molecule has 2 heterocycles. The van der Waals surface area contributed by atoms with Gasteiger partial charge in [0.2, 0.25) is 0 Å². The number of imide groups is 2. The predicted octanol–water partition coefficient (Wildman–Crippen LogP) is 3.65. The number of hydrogen-bond acceptors (Lipinski definition) is 3. The Kier molecular flexibility index (Phi) is 5.02. The van der Waals surface area contributed by atoms with E-state index in [0.717, 1.165) is 28.2 Å². The van der Waals surface area contributed by atoms with Gasteiger partial charge >= 0.3 is 6.03 Å². The SMILES string of the molecule is Cc1ccccc1Cn1cccc1C=C1C(=O)NC(=O)N(c2ccc(F)cc2)C1=O. The number of nitrogens with zero attached hydrogens (tertiary/aromatic N) is 2. The Morgan fingerprint density at radius 2 is 1.70 bits per heavy atom. The first-order valence-electron chi connectivity index (χ1n) is 9.31. The molecule has 1 fully saturated rings. The number of hydrogen-bond donors (Lipinski definition) is 1. The van der Waals surface area contributed by atoms with Gasteiger partial charge in [-0.25, -0.2) is 14.1 Å². The van der Waals surface area contributed by atoms with Gasteiger partial charge in [0.1, 0.15) is 11.4 Å². The van der Waals surface area contributed by atoms with Gasteiger partial charge in [-0.1, -0.05) is 24.3 Å². The van der Waals surface area contributed by atoms with Crippen LogP contribution in [0.15, 0.2) is 72.4 Å². The maximum atomic E-state index is 13.2. The van der Waals surface area contributed by atoms with E-state index in [1.54, 1.807) is 6.07 Å². The monoisotopic (exact) mass is 403 g/mol. The molecule has 0 unspecified atom stereocenters. The average Bonchev–Trinajstić information content (AvgIpc) is 3.15. The number of carbonyl (C=O) groups is 3. The Labute approximate surface area is 172 Å². The lowest BCUT2D eigenvalue weighted by molar-refractivity contribution is -0.122. The van der Waals surface area contributed by atoms with E-state index in [9.17, 15) is 18.8 Å². The van der Waals surface area contributed by atoms with Crippen LogP contribution in [0.3, 0.4) is 0 Å². The Morgan fingerprint density at radius 1 is 0.967 bits per heavy atom. The summed E-state index contributed by atoms with van der Waals surface area (Å²) in [5, 5.41) is 2.17. The van der Waals surface area contributed by atoms with Crippen LogP contribution in [0.5, 0.6) is 0 Å². The smallest absolute Gasteiger partial charge is 0.335 e. The summed E-state index contributed by atoms with van der Waals surface area (Å²) >= 11 is 0. The summed E-state index contributed by atoms with van der Waals surface area (Å²) in [6, 6.07) is 15.6. The zero-order valence-corrected chi connectivity index (χ0v) is 16.1. The molecule has 30 heavy (non-hydrogen) atoms. The third-order valence-corrected chi connectivity index (χ3v) is 4.95. The highest BCUT2D eigenvalue weighted by molar-refractivity contribution is 6.39. The Hall–Kier alpha value is -4.00. The molecule has 0 radical (unpaired) electrons. The number of amides is 4. The van der Waals surface area contributed by atoms with Crippen molar-refractivity contribution in [3.63, 3.8) is 0 Å². The summed E-state index contributed by atoms with van der Waals surface area (Å²) < 4.78 is 15.1. The van der Waals surface area contributed by atoms with Crippen molar-refractivity contribution in [2.24, 2.45) is 0 Å². The van der Waals surface area contributed by atoms with E-state index in [1.165, 1.54) is 18.2 Å². The van der Waals surface area contributed by atoms with Crippen LogP contribution in [-0.4, -0.2) is 22.4 Å². The van der Waals surface area contributed by atoms with Gasteiger partial charge in [-0.15, -0.1) is 0 Å². The van der Waals surface area contributed by atoms with E-state index in [2.05, 4.69) is 5.32 Å². The minimum atomic E-state index is -0.871. The van der Waals surface area contributed by atoms with Gasteiger partial charge in [0.05, 0.1) is 5.69 Å². The van der Waals surface area contributed by atoms with Crippen LogP contribution in [0.1, 0.15) is 16.8 Å². The molecule has 3 aromatic rings. The van der Waals surface area contributed by atoms with Gasteiger partial charge in [0, 0.05) is 18.4 Å². The van der Waals surface area contributed by atoms with E-state index in [1.807, 2.05) is 48.0 Å². The molecule has 4 amide bonds. The molecule has 150 valence electrons. The zero-order chi connectivity index (χ0) is 21.3. The summed E-state index contributed by atoms with van der Waals surface area (Å²) in [7, 11) is 0. The highest BCUT2D eigenvalue weighted by Crippen LogP contribution is 2.22. The van der Waals surface area contributed by atoms with Crippen molar-refractivity contribution in [2.75, 3.05) is 4.90 Å². The molecule has 0 saturated carbocycles. The second kappa shape index (κ2) is 7.79. The van der Waals surface area contributed by atoms with Gasteiger partial charge in [-0.05, 0) is 60.5 Å². The fraction of sp³-hybridized carbons (Fsp3) is 0.0870. The molecule has 2 aromatic carbocycles. The van der Waals surface area contributed by atoms with E-state index < -0.39 is 23.7 Å². The van der Waals surface area contributed by atoms with Crippen LogP contribution in [0.25, 0.3) is 6.08 Å². The molecule has 0 aliphatic carbocycles. The zero-order valence-electron chi connectivity index (χ0n) is 16.1. The third-order valence-electron chi connectivity index (χ3n) is 4.95. The number of benzene rings is 2. The summed E-state index contributed by atoms with van der Waals surface area (Å²) in [5.41, 5.74) is 2.88. The van der Waals surface area contributed by atoms with Crippen LogP contribution >= 0.6 is 0 Å². The van der Waals surface area contributed by atoms with Crippen molar-refractivity contribution in [3.8, 4) is 0 Å². The van der Waals surface area contributed by atoms with E-state index in [4.69, 9.17) is 0 Å². The van der Waals surface area contributed by atoms with Gasteiger partial charge in [0.25, 0.3) is 11.8 Å². The number of aryl methyl sites for hydroxylation is 1. The normalized spacial score (nSPS) is 15.6. The third kappa shape index (κ3) is 3.65. The molecule has 7 heteroatoms. The molecular formula is C23H18FN3O3. The van der Waals surface area contributed by atoms with Crippen molar-refractivity contribution in [2.45, 2.75) is 13.5 Å². The molecule has 6 nitrogen and oxygen atoms in total. The van der Waals surface area contributed by atoms with Gasteiger partial charge < -0.3 is 4.57 Å². The van der Waals surface area contributed by atoms with Crippen molar-refractivity contribution >= 4 is 29.6 Å². The molecule has 1 saturated heterocycles. The maximum absolute atomic E-state index is 13.2. The minimum Gasteiger partial charge on any atom is -0.344 e. The van der Waals surface area contributed by atoms with Gasteiger partial charge in [-0.2, -0.15) is 0 Å². The molecule has 0 atom stereocenters. The first kappa shape index (κ1) is 19.3. The molecule has 1 aromatic heterocycles. The second-order valence-electron chi connectivity index (χ2n) is 6.92.